The fraction of sp³-hybridized carbons (Fsp3) is 0.643. The zero-order chi connectivity index (χ0) is 12.8. The van der Waals surface area contributed by atoms with Gasteiger partial charge < -0.3 is 10.4 Å². The Hall–Kier alpha value is -0.870. The second-order valence-corrected chi connectivity index (χ2v) is 6.28. The van der Waals surface area contributed by atoms with Crippen molar-refractivity contribution in [1.82, 2.24) is 5.32 Å². The van der Waals surface area contributed by atoms with Crippen LogP contribution in [0.25, 0.3) is 0 Å². The maximum absolute atomic E-state index is 11.8. The monoisotopic (exact) mass is 267 g/mol. The minimum absolute atomic E-state index is 0.0656. The lowest BCUT2D eigenvalue weighted by atomic mass is 9.74. The molecule has 1 fully saturated rings. The summed E-state index contributed by atoms with van der Waals surface area (Å²) in [5, 5.41) is 14.5. The molecule has 0 unspecified atom stereocenters. The molecule has 1 aromatic rings. The van der Waals surface area contributed by atoms with Gasteiger partial charge in [-0.25, -0.2) is 0 Å². The van der Waals surface area contributed by atoms with Crippen LogP contribution in [0.5, 0.6) is 0 Å². The van der Waals surface area contributed by atoms with Crippen molar-refractivity contribution in [3.05, 3.63) is 22.4 Å². The van der Waals surface area contributed by atoms with Crippen LogP contribution in [0.4, 0.5) is 0 Å². The van der Waals surface area contributed by atoms with Gasteiger partial charge in [-0.15, -0.1) is 11.3 Å². The molecule has 4 heteroatoms. The SMILES string of the molecule is O=C(Cc1cccs1)NCC1(CO)CCCCC1. The minimum Gasteiger partial charge on any atom is -0.396 e. The number of hydrogen-bond acceptors (Lipinski definition) is 3. The molecule has 1 heterocycles. The number of carbonyl (C=O) groups excluding carboxylic acids is 1. The van der Waals surface area contributed by atoms with Gasteiger partial charge in [-0.1, -0.05) is 25.3 Å². The van der Waals surface area contributed by atoms with Crippen LogP contribution in [-0.2, 0) is 11.2 Å². The average molecular weight is 267 g/mol. The molecule has 0 saturated heterocycles. The third-order valence-corrected chi connectivity index (χ3v) is 4.70. The van der Waals surface area contributed by atoms with Crippen molar-refractivity contribution in [2.24, 2.45) is 5.41 Å². The number of nitrogens with one attached hydrogen (secondary N) is 1. The van der Waals surface area contributed by atoms with Crippen LogP contribution in [0.1, 0.15) is 37.0 Å². The summed E-state index contributed by atoms with van der Waals surface area (Å²) in [6, 6.07) is 3.94. The highest BCUT2D eigenvalue weighted by atomic mass is 32.1. The number of carbonyl (C=O) groups is 1. The van der Waals surface area contributed by atoms with E-state index in [0.29, 0.717) is 13.0 Å². The first-order valence-electron chi connectivity index (χ1n) is 6.64. The average Bonchev–Trinajstić information content (AvgIpc) is 2.90. The van der Waals surface area contributed by atoms with E-state index in [1.807, 2.05) is 17.5 Å². The Kier molecular flexibility index (Phi) is 4.78. The maximum Gasteiger partial charge on any atom is 0.225 e. The van der Waals surface area contributed by atoms with Crippen LogP contribution < -0.4 is 5.32 Å². The van der Waals surface area contributed by atoms with Gasteiger partial charge in [0.05, 0.1) is 13.0 Å². The topological polar surface area (TPSA) is 49.3 Å². The molecule has 0 spiro atoms. The molecule has 1 aliphatic carbocycles. The van der Waals surface area contributed by atoms with Crippen molar-refractivity contribution >= 4 is 17.2 Å². The summed E-state index contributed by atoms with van der Waals surface area (Å²) in [5.74, 6) is 0.0656. The third-order valence-electron chi connectivity index (χ3n) is 3.83. The van der Waals surface area contributed by atoms with Gasteiger partial charge in [0, 0.05) is 16.8 Å². The Morgan fingerprint density at radius 1 is 1.39 bits per heavy atom. The molecule has 0 aromatic carbocycles. The Morgan fingerprint density at radius 2 is 2.17 bits per heavy atom. The van der Waals surface area contributed by atoms with Crippen molar-refractivity contribution in [1.29, 1.82) is 0 Å². The van der Waals surface area contributed by atoms with Crippen LogP contribution in [0, 0.1) is 5.41 Å². The van der Waals surface area contributed by atoms with Crippen LogP contribution in [0.2, 0.25) is 0 Å². The standard InChI is InChI=1S/C14H21NO2S/c16-11-14(6-2-1-3-7-14)10-15-13(17)9-12-5-4-8-18-12/h4-5,8,16H,1-3,6-7,9-11H2,(H,15,17). The van der Waals surface area contributed by atoms with Crippen molar-refractivity contribution in [2.75, 3.05) is 13.2 Å². The van der Waals surface area contributed by atoms with Gasteiger partial charge in [0.1, 0.15) is 0 Å². The van der Waals surface area contributed by atoms with E-state index >= 15 is 0 Å². The van der Waals surface area contributed by atoms with Crippen LogP contribution in [0.15, 0.2) is 17.5 Å². The molecule has 0 bridgehead atoms. The van der Waals surface area contributed by atoms with E-state index in [2.05, 4.69) is 5.32 Å². The van der Waals surface area contributed by atoms with Crippen LogP contribution in [0.3, 0.4) is 0 Å². The smallest absolute Gasteiger partial charge is 0.225 e. The molecule has 3 nitrogen and oxygen atoms in total. The summed E-state index contributed by atoms with van der Waals surface area (Å²) < 4.78 is 0. The van der Waals surface area contributed by atoms with E-state index in [9.17, 15) is 9.90 Å². The molecule has 2 N–H and O–H groups in total. The third kappa shape index (κ3) is 3.56. The van der Waals surface area contributed by atoms with E-state index < -0.39 is 0 Å². The molecule has 1 saturated carbocycles. The molecule has 0 atom stereocenters. The molecule has 1 amide bonds. The van der Waals surface area contributed by atoms with E-state index in [0.717, 1.165) is 17.7 Å². The van der Waals surface area contributed by atoms with E-state index in [1.165, 1.54) is 19.3 Å². The van der Waals surface area contributed by atoms with Crippen molar-refractivity contribution in [2.45, 2.75) is 38.5 Å². The number of amides is 1. The van der Waals surface area contributed by atoms with Crippen LogP contribution >= 0.6 is 11.3 Å². The first-order chi connectivity index (χ1) is 8.74. The van der Waals surface area contributed by atoms with Crippen molar-refractivity contribution in [3.8, 4) is 0 Å². The highest BCUT2D eigenvalue weighted by Gasteiger charge is 2.31. The summed E-state index contributed by atoms with van der Waals surface area (Å²) in [6.45, 7) is 0.806. The molecule has 2 rings (SSSR count). The zero-order valence-electron chi connectivity index (χ0n) is 10.7. The van der Waals surface area contributed by atoms with Gasteiger partial charge in [-0.05, 0) is 24.3 Å². The summed E-state index contributed by atoms with van der Waals surface area (Å²) in [4.78, 5) is 12.9. The summed E-state index contributed by atoms with van der Waals surface area (Å²) in [7, 11) is 0. The highest BCUT2D eigenvalue weighted by Crippen LogP contribution is 2.35. The molecular formula is C14H21NO2S. The van der Waals surface area contributed by atoms with Gasteiger partial charge in [-0.3, -0.25) is 4.79 Å². The predicted octanol–water partition coefficient (Wildman–Crippen LogP) is 2.35. The Bertz CT molecular complexity index is 369. The molecular weight excluding hydrogens is 246 g/mol. The minimum atomic E-state index is -0.0661. The van der Waals surface area contributed by atoms with Crippen molar-refractivity contribution in [3.63, 3.8) is 0 Å². The quantitative estimate of drug-likeness (QED) is 0.860. The lowest BCUT2D eigenvalue weighted by Crippen LogP contribution is -2.41. The summed E-state index contributed by atoms with van der Waals surface area (Å²) in [5.41, 5.74) is -0.0661. The van der Waals surface area contributed by atoms with E-state index in [-0.39, 0.29) is 17.9 Å². The fourth-order valence-corrected chi connectivity index (χ4v) is 3.32. The number of hydrogen-bond donors (Lipinski definition) is 2. The first kappa shape index (κ1) is 13.6. The molecule has 18 heavy (non-hydrogen) atoms. The molecule has 100 valence electrons. The van der Waals surface area contributed by atoms with E-state index in [4.69, 9.17) is 0 Å². The second kappa shape index (κ2) is 6.34. The van der Waals surface area contributed by atoms with E-state index in [1.54, 1.807) is 11.3 Å². The van der Waals surface area contributed by atoms with Gasteiger partial charge >= 0.3 is 0 Å². The van der Waals surface area contributed by atoms with Gasteiger partial charge in [0.25, 0.3) is 0 Å². The molecule has 0 aliphatic heterocycles. The number of rotatable bonds is 5. The highest BCUT2D eigenvalue weighted by molar-refractivity contribution is 7.10. The number of aliphatic hydroxyl groups is 1. The van der Waals surface area contributed by atoms with Gasteiger partial charge in [0.15, 0.2) is 0 Å². The Morgan fingerprint density at radius 3 is 2.78 bits per heavy atom. The Balaban J connectivity index is 1.80. The number of aliphatic hydroxyl groups excluding tert-OH is 1. The Labute approximate surface area is 112 Å². The van der Waals surface area contributed by atoms with Crippen molar-refractivity contribution < 1.29 is 9.90 Å². The molecule has 0 radical (unpaired) electrons. The largest absolute Gasteiger partial charge is 0.396 e. The molecule has 1 aromatic heterocycles. The van der Waals surface area contributed by atoms with Gasteiger partial charge in [-0.2, -0.15) is 0 Å². The lowest BCUT2D eigenvalue weighted by molar-refractivity contribution is -0.121. The second-order valence-electron chi connectivity index (χ2n) is 5.25. The lowest BCUT2D eigenvalue weighted by Gasteiger charge is -2.35. The first-order valence-corrected chi connectivity index (χ1v) is 7.52. The predicted molar refractivity (Wildman–Crippen MR) is 73.6 cm³/mol. The summed E-state index contributed by atoms with van der Waals surface area (Å²) >= 11 is 1.61. The summed E-state index contributed by atoms with van der Waals surface area (Å²) in [6.07, 6.45) is 6.11. The zero-order valence-corrected chi connectivity index (χ0v) is 11.5. The maximum atomic E-state index is 11.8. The normalized spacial score (nSPS) is 18.5. The number of thiophene rings is 1. The van der Waals surface area contributed by atoms with Gasteiger partial charge in [0.2, 0.25) is 5.91 Å². The molecule has 1 aliphatic rings. The fourth-order valence-electron chi connectivity index (χ4n) is 2.61. The van der Waals surface area contributed by atoms with Crippen LogP contribution in [-0.4, -0.2) is 24.2 Å².